The molecule has 110 valence electrons. The summed E-state index contributed by atoms with van der Waals surface area (Å²) < 4.78 is 10.3. The topological polar surface area (TPSA) is 35.5 Å². The van der Waals surface area contributed by atoms with Crippen LogP contribution >= 0.6 is 11.8 Å². The highest BCUT2D eigenvalue weighted by Gasteiger charge is 2.04. The van der Waals surface area contributed by atoms with Gasteiger partial charge >= 0.3 is 5.97 Å². The SMILES string of the molecule is COC(=O)c1ccc(CSCCOc2ccccc2)cc1. The lowest BCUT2D eigenvalue weighted by Crippen LogP contribution is -2.01. The number of hydrogen-bond acceptors (Lipinski definition) is 4. The molecular formula is C17H18O3S. The molecule has 4 heteroatoms. The Kier molecular flexibility index (Phi) is 6.16. The Labute approximate surface area is 129 Å². The van der Waals surface area contributed by atoms with E-state index in [1.807, 2.05) is 42.5 Å². The smallest absolute Gasteiger partial charge is 0.337 e. The van der Waals surface area contributed by atoms with Crippen LogP contribution in [0, 0.1) is 0 Å². The fraction of sp³-hybridized carbons (Fsp3) is 0.235. The molecule has 0 amide bonds. The van der Waals surface area contributed by atoms with Gasteiger partial charge in [0.15, 0.2) is 0 Å². The van der Waals surface area contributed by atoms with Crippen molar-refractivity contribution >= 4 is 17.7 Å². The quantitative estimate of drug-likeness (QED) is 0.576. The summed E-state index contributed by atoms with van der Waals surface area (Å²) in [4.78, 5) is 11.3. The molecule has 0 unspecified atom stereocenters. The van der Waals surface area contributed by atoms with Gasteiger partial charge in [0.2, 0.25) is 0 Å². The van der Waals surface area contributed by atoms with Crippen LogP contribution in [-0.4, -0.2) is 25.4 Å². The number of para-hydroxylation sites is 1. The van der Waals surface area contributed by atoms with Gasteiger partial charge in [-0.25, -0.2) is 4.79 Å². The second-order valence-corrected chi connectivity index (χ2v) is 5.51. The van der Waals surface area contributed by atoms with Crippen LogP contribution in [0.15, 0.2) is 54.6 Å². The monoisotopic (exact) mass is 302 g/mol. The molecule has 0 saturated heterocycles. The van der Waals surface area contributed by atoms with Crippen molar-refractivity contribution in [3.63, 3.8) is 0 Å². The van der Waals surface area contributed by atoms with E-state index in [1.165, 1.54) is 12.7 Å². The van der Waals surface area contributed by atoms with E-state index in [0.29, 0.717) is 12.2 Å². The summed E-state index contributed by atoms with van der Waals surface area (Å²) in [5, 5.41) is 0. The lowest BCUT2D eigenvalue weighted by molar-refractivity contribution is 0.0600. The predicted molar refractivity (Wildman–Crippen MR) is 85.9 cm³/mol. The molecule has 0 aliphatic carbocycles. The van der Waals surface area contributed by atoms with Gasteiger partial charge in [0.1, 0.15) is 5.75 Å². The van der Waals surface area contributed by atoms with E-state index in [9.17, 15) is 4.79 Å². The molecule has 2 rings (SSSR count). The number of hydrogen-bond donors (Lipinski definition) is 0. The molecule has 2 aromatic carbocycles. The standard InChI is InChI=1S/C17H18O3S/c1-19-17(18)15-9-7-14(8-10-15)13-21-12-11-20-16-5-3-2-4-6-16/h2-10H,11-13H2,1H3. The van der Waals surface area contributed by atoms with Crippen molar-refractivity contribution in [1.29, 1.82) is 0 Å². The minimum Gasteiger partial charge on any atom is -0.493 e. The average Bonchev–Trinajstić information content (AvgIpc) is 2.55. The Bertz CT molecular complexity index is 552. The molecular weight excluding hydrogens is 284 g/mol. The first-order chi connectivity index (χ1) is 10.3. The maximum absolute atomic E-state index is 11.3. The van der Waals surface area contributed by atoms with Crippen LogP contribution in [0.5, 0.6) is 5.75 Å². The lowest BCUT2D eigenvalue weighted by atomic mass is 10.1. The van der Waals surface area contributed by atoms with Crippen LogP contribution in [-0.2, 0) is 10.5 Å². The third kappa shape index (κ3) is 5.16. The Morgan fingerprint density at radius 1 is 1.05 bits per heavy atom. The average molecular weight is 302 g/mol. The highest BCUT2D eigenvalue weighted by Crippen LogP contribution is 2.14. The summed E-state index contributed by atoms with van der Waals surface area (Å²) in [5.74, 6) is 2.43. The van der Waals surface area contributed by atoms with Gasteiger partial charge in [-0.1, -0.05) is 30.3 Å². The highest BCUT2D eigenvalue weighted by atomic mass is 32.2. The molecule has 0 N–H and O–H groups in total. The van der Waals surface area contributed by atoms with E-state index < -0.39 is 0 Å². The van der Waals surface area contributed by atoms with E-state index in [1.54, 1.807) is 23.9 Å². The number of rotatable bonds is 7. The van der Waals surface area contributed by atoms with Gasteiger partial charge in [0.05, 0.1) is 19.3 Å². The fourth-order valence-electron chi connectivity index (χ4n) is 1.78. The molecule has 0 saturated carbocycles. The molecule has 21 heavy (non-hydrogen) atoms. The van der Waals surface area contributed by atoms with Crippen molar-refractivity contribution in [2.24, 2.45) is 0 Å². The number of esters is 1. The second kappa shape index (κ2) is 8.37. The van der Waals surface area contributed by atoms with E-state index >= 15 is 0 Å². The van der Waals surface area contributed by atoms with Crippen LogP contribution in [0.3, 0.4) is 0 Å². The van der Waals surface area contributed by atoms with Crippen LogP contribution < -0.4 is 4.74 Å². The van der Waals surface area contributed by atoms with E-state index in [4.69, 9.17) is 4.74 Å². The minimum absolute atomic E-state index is 0.300. The molecule has 0 aliphatic rings. The zero-order valence-electron chi connectivity index (χ0n) is 12.0. The van der Waals surface area contributed by atoms with Gasteiger partial charge in [-0.15, -0.1) is 0 Å². The maximum Gasteiger partial charge on any atom is 0.337 e. The van der Waals surface area contributed by atoms with Crippen LogP contribution in [0.4, 0.5) is 0 Å². The molecule has 0 spiro atoms. The zero-order chi connectivity index (χ0) is 14.9. The van der Waals surface area contributed by atoms with E-state index in [0.717, 1.165) is 17.3 Å². The van der Waals surface area contributed by atoms with Crippen molar-refractivity contribution in [2.45, 2.75) is 5.75 Å². The van der Waals surface area contributed by atoms with Crippen molar-refractivity contribution in [2.75, 3.05) is 19.5 Å². The summed E-state index contributed by atoms with van der Waals surface area (Å²) in [6.45, 7) is 0.689. The Hall–Kier alpha value is -1.94. The minimum atomic E-state index is -0.300. The van der Waals surface area contributed by atoms with E-state index in [2.05, 4.69) is 4.74 Å². The number of carbonyl (C=O) groups is 1. The molecule has 3 nitrogen and oxygen atoms in total. The number of thioether (sulfide) groups is 1. The van der Waals surface area contributed by atoms with Crippen LogP contribution in [0.1, 0.15) is 15.9 Å². The first-order valence-corrected chi connectivity index (χ1v) is 7.88. The molecule has 0 fully saturated rings. The Balaban J connectivity index is 1.68. The van der Waals surface area contributed by atoms with Gasteiger partial charge in [-0.2, -0.15) is 11.8 Å². The van der Waals surface area contributed by atoms with Crippen molar-refractivity contribution in [1.82, 2.24) is 0 Å². The third-order valence-corrected chi connectivity index (χ3v) is 3.88. The van der Waals surface area contributed by atoms with Gasteiger partial charge in [0, 0.05) is 11.5 Å². The molecule has 0 radical (unpaired) electrons. The summed E-state index contributed by atoms with van der Waals surface area (Å²) in [6, 6.07) is 17.3. The first-order valence-electron chi connectivity index (χ1n) is 6.72. The molecule has 2 aromatic rings. The molecule has 0 atom stereocenters. The largest absolute Gasteiger partial charge is 0.493 e. The fourth-order valence-corrected chi connectivity index (χ4v) is 2.55. The predicted octanol–water partition coefficient (Wildman–Crippen LogP) is 3.79. The first kappa shape index (κ1) is 15.4. The van der Waals surface area contributed by atoms with Crippen molar-refractivity contribution in [3.05, 3.63) is 65.7 Å². The third-order valence-electron chi connectivity index (χ3n) is 2.88. The summed E-state index contributed by atoms with van der Waals surface area (Å²) in [7, 11) is 1.39. The number of methoxy groups -OCH3 is 1. The normalized spacial score (nSPS) is 10.1. The van der Waals surface area contributed by atoms with Crippen molar-refractivity contribution in [3.8, 4) is 5.75 Å². The summed E-state index contributed by atoms with van der Waals surface area (Å²) in [5.41, 5.74) is 1.77. The molecule has 0 aliphatic heterocycles. The number of carbonyl (C=O) groups excluding carboxylic acids is 1. The lowest BCUT2D eigenvalue weighted by Gasteiger charge is -2.06. The van der Waals surface area contributed by atoms with Gasteiger partial charge in [0.25, 0.3) is 0 Å². The molecule has 0 bridgehead atoms. The van der Waals surface area contributed by atoms with Gasteiger partial charge < -0.3 is 9.47 Å². The number of benzene rings is 2. The molecule has 0 aromatic heterocycles. The van der Waals surface area contributed by atoms with Crippen LogP contribution in [0.2, 0.25) is 0 Å². The second-order valence-electron chi connectivity index (χ2n) is 4.40. The highest BCUT2D eigenvalue weighted by molar-refractivity contribution is 7.98. The number of ether oxygens (including phenoxy) is 2. The Morgan fingerprint density at radius 2 is 1.76 bits per heavy atom. The molecule has 0 heterocycles. The Morgan fingerprint density at radius 3 is 2.43 bits per heavy atom. The van der Waals surface area contributed by atoms with Gasteiger partial charge in [-0.05, 0) is 29.8 Å². The van der Waals surface area contributed by atoms with Crippen LogP contribution in [0.25, 0.3) is 0 Å². The maximum atomic E-state index is 11.3. The van der Waals surface area contributed by atoms with Gasteiger partial charge in [-0.3, -0.25) is 0 Å². The summed E-state index contributed by atoms with van der Waals surface area (Å²) in [6.07, 6.45) is 0. The van der Waals surface area contributed by atoms with Crippen molar-refractivity contribution < 1.29 is 14.3 Å². The van der Waals surface area contributed by atoms with E-state index in [-0.39, 0.29) is 5.97 Å². The zero-order valence-corrected chi connectivity index (χ0v) is 12.8. The summed E-state index contributed by atoms with van der Waals surface area (Å²) >= 11 is 1.80.